The molecule has 3 heteroatoms. The van der Waals surface area contributed by atoms with E-state index >= 15 is 0 Å². The van der Waals surface area contributed by atoms with Crippen molar-refractivity contribution in [2.75, 3.05) is 5.33 Å². The van der Waals surface area contributed by atoms with Crippen molar-refractivity contribution in [3.8, 4) is 0 Å². The van der Waals surface area contributed by atoms with Crippen molar-refractivity contribution >= 4 is 21.8 Å². The van der Waals surface area contributed by atoms with Crippen LogP contribution in [-0.2, 0) is 4.79 Å². The first-order valence-corrected chi connectivity index (χ1v) is 7.53. The predicted octanol–water partition coefficient (Wildman–Crippen LogP) is 3.88. The lowest BCUT2D eigenvalue weighted by atomic mass is 9.94. The number of hydrogen-bond acceptors (Lipinski definition) is 1. The van der Waals surface area contributed by atoms with E-state index in [0.29, 0.717) is 0 Å². The lowest BCUT2D eigenvalue weighted by Gasteiger charge is -2.29. The average Bonchev–Trinajstić information content (AvgIpc) is 2.28. The van der Waals surface area contributed by atoms with Gasteiger partial charge >= 0.3 is 0 Å². The smallest absolute Gasteiger partial charge is 0.223 e. The van der Waals surface area contributed by atoms with E-state index in [-0.39, 0.29) is 17.4 Å². The monoisotopic (exact) mass is 291 g/mol. The predicted molar refractivity (Wildman–Crippen MR) is 73.9 cm³/mol. The van der Waals surface area contributed by atoms with Crippen molar-refractivity contribution in [2.24, 2.45) is 5.92 Å². The third kappa shape index (κ3) is 5.33. The summed E-state index contributed by atoms with van der Waals surface area (Å²) in [7, 11) is 0. The number of hydrogen-bond donors (Lipinski definition) is 1. The molecule has 1 unspecified atom stereocenters. The number of carbonyl (C=O) groups is 1. The van der Waals surface area contributed by atoms with Gasteiger partial charge in [-0.1, -0.05) is 49.5 Å². The lowest BCUT2D eigenvalue weighted by Crippen LogP contribution is -2.49. The summed E-state index contributed by atoms with van der Waals surface area (Å²) < 4.78 is 0. The molecule has 1 atom stereocenters. The van der Waals surface area contributed by atoms with Crippen molar-refractivity contribution in [2.45, 2.75) is 65.3 Å². The fourth-order valence-corrected chi connectivity index (χ4v) is 2.26. The molecule has 0 saturated heterocycles. The van der Waals surface area contributed by atoms with Crippen LogP contribution in [0, 0.1) is 5.92 Å². The van der Waals surface area contributed by atoms with E-state index in [1.165, 1.54) is 0 Å². The van der Waals surface area contributed by atoms with Gasteiger partial charge in [0, 0.05) is 16.8 Å². The summed E-state index contributed by atoms with van der Waals surface area (Å²) >= 11 is 3.47. The van der Waals surface area contributed by atoms with Crippen molar-refractivity contribution in [3.63, 3.8) is 0 Å². The van der Waals surface area contributed by atoms with Crippen LogP contribution in [0.4, 0.5) is 0 Å². The fraction of sp³-hybridized carbons (Fsp3) is 0.923. The molecular formula is C13H26BrNO. The molecule has 0 fully saturated rings. The number of rotatable bonds is 8. The first-order chi connectivity index (χ1) is 7.52. The molecule has 0 rings (SSSR count). The number of nitrogens with one attached hydrogen (secondary N) is 1. The third-order valence-corrected chi connectivity index (χ3v) is 4.38. The fourth-order valence-electron chi connectivity index (χ4n) is 1.72. The molecule has 0 aromatic heterocycles. The first kappa shape index (κ1) is 16.0. The summed E-state index contributed by atoms with van der Waals surface area (Å²) in [6.45, 7) is 8.48. The normalized spacial score (nSPS) is 14.9. The second-order valence-electron chi connectivity index (χ2n) is 4.81. The minimum Gasteiger partial charge on any atom is -0.350 e. The highest BCUT2D eigenvalue weighted by Gasteiger charge is 2.26. The molecule has 1 amide bonds. The van der Waals surface area contributed by atoms with Gasteiger partial charge in [0.15, 0.2) is 0 Å². The molecule has 0 aliphatic carbocycles. The largest absolute Gasteiger partial charge is 0.350 e. The SMILES string of the molecule is CCCC(CCC)C(=O)NC(C)(CC)CBr. The molecular weight excluding hydrogens is 266 g/mol. The van der Waals surface area contributed by atoms with Gasteiger partial charge in [-0.3, -0.25) is 4.79 Å². The van der Waals surface area contributed by atoms with Crippen LogP contribution < -0.4 is 5.32 Å². The van der Waals surface area contributed by atoms with Crippen LogP contribution in [0.2, 0.25) is 0 Å². The Kier molecular flexibility index (Phi) is 8.08. The molecule has 0 saturated carbocycles. The van der Waals surface area contributed by atoms with Crippen molar-refractivity contribution in [1.82, 2.24) is 5.32 Å². The van der Waals surface area contributed by atoms with Gasteiger partial charge in [-0.2, -0.15) is 0 Å². The summed E-state index contributed by atoms with van der Waals surface area (Å²) in [6, 6.07) is 0. The quantitative estimate of drug-likeness (QED) is 0.676. The lowest BCUT2D eigenvalue weighted by molar-refractivity contribution is -0.127. The average molecular weight is 292 g/mol. The van der Waals surface area contributed by atoms with Crippen LogP contribution >= 0.6 is 15.9 Å². The van der Waals surface area contributed by atoms with Crippen molar-refractivity contribution in [1.29, 1.82) is 0 Å². The molecule has 16 heavy (non-hydrogen) atoms. The van der Waals surface area contributed by atoms with E-state index in [9.17, 15) is 4.79 Å². The van der Waals surface area contributed by atoms with Crippen LogP contribution in [0.15, 0.2) is 0 Å². The van der Waals surface area contributed by atoms with Gasteiger partial charge in [-0.15, -0.1) is 0 Å². The van der Waals surface area contributed by atoms with Gasteiger partial charge in [-0.25, -0.2) is 0 Å². The van der Waals surface area contributed by atoms with Gasteiger partial charge in [-0.05, 0) is 26.2 Å². The first-order valence-electron chi connectivity index (χ1n) is 6.40. The summed E-state index contributed by atoms with van der Waals surface area (Å²) in [4.78, 5) is 12.1. The maximum absolute atomic E-state index is 12.1. The van der Waals surface area contributed by atoms with E-state index < -0.39 is 0 Å². The Bertz CT molecular complexity index is 196. The van der Waals surface area contributed by atoms with Gasteiger partial charge < -0.3 is 5.32 Å². The Labute approximate surface area is 109 Å². The second-order valence-corrected chi connectivity index (χ2v) is 5.37. The second kappa shape index (κ2) is 8.10. The molecule has 0 aromatic rings. The molecule has 0 bridgehead atoms. The minimum absolute atomic E-state index is 0.100. The van der Waals surface area contributed by atoms with E-state index in [1.807, 2.05) is 0 Å². The Morgan fingerprint density at radius 2 is 1.75 bits per heavy atom. The highest BCUT2D eigenvalue weighted by Crippen LogP contribution is 2.18. The maximum Gasteiger partial charge on any atom is 0.223 e. The van der Waals surface area contributed by atoms with Crippen LogP contribution in [0.3, 0.4) is 0 Å². The number of carbonyl (C=O) groups excluding carboxylic acids is 1. The Morgan fingerprint density at radius 1 is 1.25 bits per heavy atom. The Morgan fingerprint density at radius 3 is 2.06 bits per heavy atom. The highest BCUT2D eigenvalue weighted by atomic mass is 79.9. The van der Waals surface area contributed by atoms with E-state index in [4.69, 9.17) is 0 Å². The zero-order valence-corrected chi connectivity index (χ0v) is 12.7. The molecule has 0 aliphatic heterocycles. The molecule has 0 aromatic carbocycles. The zero-order valence-electron chi connectivity index (χ0n) is 11.1. The summed E-state index contributed by atoms with van der Waals surface area (Å²) in [5.41, 5.74) is -0.100. The molecule has 96 valence electrons. The molecule has 0 heterocycles. The van der Waals surface area contributed by atoms with Gasteiger partial charge in [0.05, 0.1) is 0 Å². The van der Waals surface area contributed by atoms with E-state index in [0.717, 1.165) is 37.4 Å². The van der Waals surface area contributed by atoms with Crippen LogP contribution in [0.5, 0.6) is 0 Å². The molecule has 0 spiro atoms. The molecule has 0 aliphatic rings. The van der Waals surface area contributed by atoms with Gasteiger partial charge in [0.2, 0.25) is 5.91 Å². The minimum atomic E-state index is -0.100. The maximum atomic E-state index is 12.1. The Hall–Kier alpha value is -0.0500. The van der Waals surface area contributed by atoms with Crippen LogP contribution in [0.25, 0.3) is 0 Å². The number of halogens is 1. The Balaban J connectivity index is 4.38. The van der Waals surface area contributed by atoms with Gasteiger partial charge in [0.25, 0.3) is 0 Å². The summed E-state index contributed by atoms with van der Waals surface area (Å²) in [5, 5.41) is 3.99. The van der Waals surface area contributed by atoms with E-state index in [2.05, 4.69) is 48.9 Å². The van der Waals surface area contributed by atoms with Crippen LogP contribution in [-0.4, -0.2) is 16.8 Å². The third-order valence-electron chi connectivity index (χ3n) is 3.15. The summed E-state index contributed by atoms with van der Waals surface area (Å²) in [5.74, 6) is 0.424. The van der Waals surface area contributed by atoms with E-state index in [1.54, 1.807) is 0 Å². The molecule has 2 nitrogen and oxygen atoms in total. The summed E-state index contributed by atoms with van der Waals surface area (Å²) in [6.07, 6.45) is 5.11. The standard InChI is InChI=1S/C13H26BrNO/c1-5-8-11(9-6-2)12(16)15-13(4,7-3)10-14/h11H,5-10H2,1-4H3,(H,15,16). The van der Waals surface area contributed by atoms with Crippen molar-refractivity contribution < 1.29 is 4.79 Å². The van der Waals surface area contributed by atoms with Gasteiger partial charge in [0.1, 0.15) is 0 Å². The molecule has 1 N–H and O–H groups in total. The number of alkyl halides is 1. The topological polar surface area (TPSA) is 29.1 Å². The molecule has 0 radical (unpaired) electrons. The van der Waals surface area contributed by atoms with Crippen molar-refractivity contribution in [3.05, 3.63) is 0 Å². The zero-order chi connectivity index (χ0) is 12.6. The highest BCUT2D eigenvalue weighted by molar-refractivity contribution is 9.09. The number of amides is 1. The van der Waals surface area contributed by atoms with Crippen LogP contribution in [0.1, 0.15) is 59.8 Å².